The van der Waals surface area contributed by atoms with Crippen molar-refractivity contribution >= 4 is 9.24 Å². The van der Waals surface area contributed by atoms with Crippen molar-refractivity contribution in [3.05, 3.63) is 108 Å². The Hall–Kier alpha value is -1.91. The fourth-order valence-electron chi connectivity index (χ4n) is 3.37. The quantitative estimate of drug-likeness (QED) is 0.535. The first-order chi connectivity index (χ1) is 11.1. The number of hydrogen-bond acceptors (Lipinski definition) is 0. The molecule has 0 saturated carbocycles. The summed E-state index contributed by atoms with van der Waals surface area (Å²) >= 11 is 0. The van der Waals surface area contributed by atoms with Crippen LogP contribution in [0.2, 0.25) is 0 Å². The Bertz CT molecular complexity index is 706. The van der Waals surface area contributed by atoms with Crippen molar-refractivity contribution in [2.45, 2.75) is 24.4 Å². The molecule has 0 amide bonds. The van der Waals surface area contributed by atoms with Crippen molar-refractivity contribution in [1.82, 2.24) is 0 Å². The van der Waals surface area contributed by atoms with Gasteiger partial charge in [-0.25, -0.2) is 0 Å². The fourth-order valence-corrected chi connectivity index (χ4v) is 3.92. The van der Waals surface area contributed by atoms with E-state index in [1.54, 1.807) is 0 Å². The van der Waals surface area contributed by atoms with E-state index in [-0.39, 0.29) is 10.6 Å². The molecular weight excluding hydrogens is 295 g/mol. The molecular formula is C22H23P. The van der Waals surface area contributed by atoms with Crippen LogP contribution in [0.15, 0.2) is 91.0 Å². The van der Waals surface area contributed by atoms with Crippen molar-refractivity contribution in [2.24, 2.45) is 0 Å². The Balaban J connectivity index is 2.25. The standard InChI is InChI=1S/C22H23P/c1-21(2,18-12-6-3-7-13-18)22(23,19-14-8-4-9-15-19)20-16-10-5-11-17-20/h3-17H,23H2,1-2H3. The van der Waals surface area contributed by atoms with Gasteiger partial charge in [-0.05, 0) is 16.7 Å². The van der Waals surface area contributed by atoms with Gasteiger partial charge < -0.3 is 0 Å². The Morgan fingerprint density at radius 2 is 0.826 bits per heavy atom. The first-order valence-corrected chi connectivity index (χ1v) is 8.60. The molecule has 0 saturated heterocycles. The highest BCUT2D eigenvalue weighted by molar-refractivity contribution is 7.19. The summed E-state index contributed by atoms with van der Waals surface area (Å²) in [7, 11) is 3.16. The van der Waals surface area contributed by atoms with Gasteiger partial charge in [0.25, 0.3) is 0 Å². The molecule has 1 unspecified atom stereocenters. The monoisotopic (exact) mass is 318 g/mol. The molecule has 1 heteroatoms. The van der Waals surface area contributed by atoms with Crippen molar-refractivity contribution < 1.29 is 0 Å². The Labute approximate surface area is 141 Å². The van der Waals surface area contributed by atoms with Crippen LogP contribution in [0.25, 0.3) is 0 Å². The van der Waals surface area contributed by atoms with E-state index in [9.17, 15) is 0 Å². The van der Waals surface area contributed by atoms with E-state index >= 15 is 0 Å². The molecule has 3 aromatic carbocycles. The molecule has 0 aromatic heterocycles. The minimum atomic E-state index is -0.198. The summed E-state index contributed by atoms with van der Waals surface area (Å²) in [4.78, 5) is 0. The SMILES string of the molecule is CC(C)(c1ccccc1)C(P)(c1ccccc1)c1ccccc1. The van der Waals surface area contributed by atoms with Crippen LogP contribution in [-0.2, 0) is 10.6 Å². The number of hydrogen-bond donors (Lipinski definition) is 0. The van der Waals surface area contributed by atoms with Gasteiger partial charge >= 0.3 is 0 Å². The van der Waals surface area contributed by atoms with Crippen LogP contribution in [0.3, 0.4) is 0 Å². The molecule has 0 nitrogen and oxygen atoms in total. The Morgan fingerprint density at radius 3 is 1.17 bits per heavy atom. The average Bonchev–Trinajstić information content (AvgIpc) is 2.63. The van der Waals surface area contributed by atoms with Gasteiger partial charge in [0, 0.05) is 10.6 Å². The lowest BCUT2D eigenvalue weighted by Crippen LogP contribution is -2.41. The van der Waals surface area contributed by atoms with Gasteiger partial charge in [-0.15, -0.1) is 9.24 Å². The lowest BCUT2D eigenvalue weighted by atomic mass is 9.66. The maximum Gasteiger partial charge on any atom is 0.0435 e. The largest absolute Gasteiger partial charge is 0.121 e. The molecule has 0 N–H and O–H groups in total. The second-order valence-corrected chi connectivity index (χ2v) is 7.40. The molecule has 0 aliphatic heterocycles. The maximum atomic E-state index is 3.16. The van der Waals surface area contributed by atoms with Crippen LogP contribution in [0.4, 0.5) is 0 Å². The van der Waals surface area contributed by atoms with Gasteiger partial charge in [0.15, 0.2) is 0 Å². The highest BCUT2D eigenvalue weighted by Crippen LogP contribution is 2.53. The minimum Gasteiger partial charge on any atom is -0.121 e. The van der Waals surface area contributed by atoms with Crippen molar-refractivity contribution in [2.75, 3.05) is 0 Å². The second-order valence-electron chi connectivity index (χ2n) is 6.53. The van der Waals surface area contributed by atoms with E-state index in [1.807, 2.05) is 0 Å². The van der Waals surface area contributed by atoms with E-state index in [0.717, 1.165) is 0 Å². The first-order valence-electron chi connectivity index (χ1n) is 8.02. The van der Waals surface area contributed by atoms with Crippen LogP contribution < -0.4 is 0 Å². The molecule has 0 radical (unpaired) electrons. The van der Waals surface area contributed by atoms with Crippen LogP contribution >= 0.6 is 9.24 Å². The number of benzene rings is 3. The van der Waals surface area contributed by atoms with Gasteiger partial charge in [0.2, 0.25) is 0 Å². The third kappa shape index (κ3) is 2.73. The third-order valence-corrected chi connectivity index (χ3v) is 6.33. The van der Waals surface area contributed by atoms with Crippen molar-refractivity contribution in [3.63, 3.8) is 0 Å². The van der Waals surface area contributed by atoms with Crippen molar-refractivity contribution in [1.29, 1.82) is 0 Å². The molecule has 116 valence electrons. The van der Waals surface area contributed by atoms with E-state index in [0.29, 0.717) is 0 Å². The highest BCUT2D eigenvalue weighted by Gasteiger charge is 2.44. The van der Waals surface area contributed by atoms with Gasteiger partial charge in [0.05, 0.1) is 0 Å². The van der Waals surface area contributed by atoms with Gasteiger partial charge in [-0.3, -0.25) is 0 Å². The van der Waals surface area contributed by atoms with Gasteiger partial charge in [-0.1, -0.05) is 105 Å². The Kier molecular flexibility index (Phi) is 4.37. The molecule has 0 fully saturated rings. The summed E-state index contributed by atoms with van der Waals surface area (Å²) in [6, 6.07) is 32.3. The predicted molar refractivity (Wildman–Crippen MR) is 103 cm³/mol. The Morgan fingerprint density at radius 1 is 0.522 bits per heavy atom. The van der Waals surface area contributed by atoms with E-state index in [4.69, 9.17) is 0 Å². The second kappa shape index (κ2) is 6.30. The first kappa shape index (κ1) is 16.0. The molecule has 1 atom stereocenters. The summed E-state index contributed by atoms with van der Waals surface area (Å²) in [6.45, 7) is 4.66. The number of rotatable bonds is 4. The molecule has 3 aromatic rings. The maximum absolute atomic E-state index is 3.16. The third-order valence-electron chi connectivity index (χ3n) is 4.94. The summed E-state index contributed by atoms with van der Waals surface area (Å²) in [5, 5.41) is -0.198. The highest BCUT2D eigenvalue weighted by atomic mass is 31.0. The van der Waals surface area contributed by atoms with Crippen LogP contribution in [-0.4, -0.2) is 0 Å². The fraction of sp³-hybridized carbons (Fsp3) is 0.182. The van der Waals surface area contributed by atoms with Crippen LogP contribution in [0.1, 0.15) is 30.5 Å². The molecule has 0 spiro atoms. The molecule has 23 heavy (non-hydrogen) atoms. The normalized spacial score (nSPS) is 12.1. The van der Waals surface area contributed by atoms with Crippen molar-refractivity contribution in [3.8, 4) is 0 Å². The summed E-state index contributed by atoms with van der Waals surface area (Å²) < 4.78 is 0. The topological polar surface area (TPSA) is 0 Å². The smallest absolute Gasteiger partial charge is 0.0435 e. The summed E-state index contributed by atoms with van der Waals surface area (Å²) in [5.74, 6) is 0. The van der Waals surface area contributed by atoms with Crippen LogP contribution in [0, 0.1) is 0 Å². The molecule has 0 aliphatic rings. The molecule has 0 aliphatic carbocycles. The zero-order chi connectivity index (χ0) is 16.3. The average molecular weight is 318 g/mol. The zero-order valence-corrected chi connectivity index (χ0v) is 14.9. The van der Waals surface area contributed by atoms with E-state index in [2.05, 4.69) is 114 Å². The van der Waals surface area contributed by atoms with Gasteiger partial charge in [-0.2, -0.15) is 0 Å². The molecule has 0 heterocycles. The van der Waals surface area contributed by atoms with Crippen LogP contribution in [0.5, 0.6) is 0 Å². The van der Waals surface area contributed by atoms with Gasteiger partial charge in [0.1, 0.15) is 0 Å². The molecule has 0 bridgehead atoms. The molecule has 3 rings (SSSR count). The predicted octanol–water partition coefficient (Wildman–Crippen LogP) is 5.78. The summed E-state index contributed by atoms with van der Waals surface area (Å²) in [5.41, 5.74) is 3.87. The lowest BCUT2D eigenvalue weighted by molar-refractivity contribution is 0.420. The van der Waals surface area contributed by atoms with E-state index in [1.165, 1.54) is 16.7 Å². The minimum absolute atomic E-state index is 0.0817. The van der Waals surface area contributed by atoms with E-state index < -0.39 is 0 Å². The lowest BCUT2D eigenvalue weighted by Gasteiger charge is -2.45. The zero-order valence-electron chi connectivity index (χ0n) is 13.7. The summed E-state index contributed by atoms with van der Waals surface area (Å²) in [6.07, 6.45) is 0.